The summed E-state index contributed by atoms with van der Waals surface area (Å²) in [6.07, 6.45) is 12.7. The molecule has 1 fully saturated rings. The molecular weight excluding hydrogens is 448 g/mol. The fraction of sp³-hybridized carbons (Fsp3) is 0.343. The van der Waals surface area contributed by atoms with Gasteiger partial charge >= 0.3 is 0 Å². The molecule has 0 unspecified atom stereocenters. The summed E-state index contributed by atoms with van der Waals surface area (Å²) in [5.41, 5.74) is 7.82. The molecule has 5 aromatic rings. The Labute approximate surface area is 221 Å². The van der Waals surface area contributed by atoms with E-state index in [1.165, 1.54) is 83.5 Å². The number of nitrogens with zero attached hydrogens (tertiary/aromatic N) is 2. The van der Waals surface area contributed by atoms with Gasteiger partial charge < -0.3 is 4.57 Å². The Balaban J connectivity index is 1.23. The first-order chi connectivity index (χ1) is 18.3. The van der Waals surface area contributed by atoms with Crippen LogP contribution >= 0.6 is 0 Å². The Hall–Kier alpha value is -3.39. The molecule has 188 valence electrons. The van der Waals surface area contributed by atoms with Gasteiger partial charge in [-0.15, -0.1) is 0 Å². The predicted octanol–water partition coefficient (Wildman–Crippen LogP) is 9.63. The molecule has 1 heterocycles. The fourth-order valence-corrected chi connectivity index (χ4v) is 6.29. The monoisotopic (exact) mass is 486 g/mol. The summed E-state index contributed by atoms with van der Waals surface area (Å²) < 4.78 is 2.58. The summed E-state index contributed by atoms with van der Waals surface area (Å²) in [5, 5.41) is 2.73. The molecule has 0 N–H and O–H groups in total. The van der Waals surface area contributed by atoms with Crippen molar-refractivity contribution in [1.82, 2.24) is 9.55 Å². The lowest BCUT2D eigenvalue weighted by atomic mass is 9.96. The van der Waals surface area contributed by atoms with E-state index in [0.29, 0.717) is 6.04 Å². The molecule has 1 saturated carbocycles. The Morgan fingerprint density at radius 3 is 2.35 bits per heavy atom. The zero-order valence-electron chi connectivity index (χ0n) is 22.1. The molecule has 0 bridgehead atoms. The minimum absolute atomic E-state index is 0.545. The summed E-state index contributed by atoms with van der Waals surface area (Å²) >= 11 is 0. The molecule has 4 aromatic carbocycles. The van der Waals surface area contributed by atoms with Crippen molar-refractivity contribution in [1.29, 1.82) is 0 Å². The summed E-state index contributed by atoms with van der Waals surface area (Å²) in [7, 11) is 0. The van der Waals surface area contributed by atoms with Gasteiger partial charge in [0, 0.05) is 11.6 Å². The van der Waals surface area contributed by atoms with E-state index in [9.17, 15) is 0 Å². The van der Waals surface area contributed by atoms with Gasteiger partial charge in [0.1, 0.15) is 5.82 Å². The third kappa shape index (κ3) is 5.21. The van der Waals surface area contributed by atoms with Gasteiger partial charge in [0.25, 0.3) is 0 Å². The van der Waals surface area contributed by atoms with Crippen LogP contribution in [0.25, 0.3) is 33.2 Å². The van der Waals surface area contributed by atoms with E-state index in [1.807, 2.05) is 0 Å². The van der Waals surface area contributed by atoms with E-state index in [1.54, 1.807) is 0 Å². The molecule has 0 amide bonds. The van der Waals surface area contributed by atoms with Crippen LogP contribution < -0.4 is 0 Å². The zero-order valence-corrected chi connectivity index (χ0v) is 22.1. The quantitative estimate of drug-likeness (QED) is 0.234. The SMILES string of the molecule is Cc1ccc2c(c1)nc(-c1ccc(CCCc3cccc4ccccc34)cc1)n2C1CCCCCCC1. The minimum Gasteiger partial charge on any atom is -0.321 e. The van der Waals surface area contributed by atoms with Gasteiger partial charge in [-0.3, -0.25) is 0 Å². The highest BCUT2D eigenvalue weighted by atomic mass is 15.1. The van der Waals surface area contributed by atoms with Crippen LogP contribution in [0.1, 0.15) is 74.1 Å². The fourth-order valence-electron chi connectivity index (χ4n) is 6.29. The van der Waals surface area contributed by atoms with Crippen molar-refractivity contribution < 1.29 is 0 Å². The maximum Gasteiger partial charge on any atom is 0.141 e. The van der Waals surface area contributed by atoms with Crippen LogP contribution in [0, 0.1) is 6.92 Å². The topological polar surface area (TPSA) is 17.8 Å². The van der Waals surface area contributed by atoms with E-state index in [0.717, 1.165) is 30.6 Å². The van der Waals surface area contributed by atoms with Crippen LogP contribution in [0.15, 0.2) is 84.9 Å². The predicted molar refractivity (Wildman–Crippen MR) is 157 cm³/mol. The highest BCUT2D eigenvalue weighted by Gasteiger charge is 2.21. The highest BCUT2D eigenvalue weighted by Crippen LogP contribution is 2.35. The van der Waals surface area contributed by atoms with Crippen LogP contribution in [-0.2, 0) is 12.8 Å². The average molecular weight is 487 g/mol. The molecule has 37 heavy (non-hydrogen) atoms. The second-order valence-electron chi connectivity index (χ2n) is 11.0. The lowest BCUT2D eigenvalue weighted by Gasteiger charge is -2.24. The smallest absolute Gasteiger partial charge is 0.141 e. The molecular formula is C35H38N2. The van der Waals surface area contributed by atoms with Crippen molar-refractivity contribution in [3.05, 3.63) is 102 Å². The molecule has 0 spiro atoms. The Bertz CT molecular complexity index is 1480. The lowest BCUT2D eigenvalue weighted by molar-refractivity contribution is 0.381. The van der Waals surface area contributed by atoms with Crippen LogP contribution in [0.4, 0.5) is 0 Å². The number of hydrogen-bond donors (Lipinski definition) is 0. The second-order valence-corrected chi connectivity index (χ2v) is 11.0. The van der Waals surface area contributed by atoms with Crippen molar-refractivity contribution in [2.45, 2.75) is 77.2 Å². The normalized spacial score (nSPS) is 15.2. The number of imidazole rings is 1. The first-order valence-corrected chi connectivity index (χ1v) is 14.3. The van der Waals surface area contributed by atoms with E-state index in [2.05, 4.69) is 96.4 Å². The first kappa shape index (κ1) is 24.0. The molecule has 0 saturated heterocycles. The number of aryl methyl sites for hydroxylation is 3. The molecule has 1 aliphatic carbocycles. The third-order valence-electron chi connectivity index (χ3n) is 8.29. The molecule has 0 radical (unpaired) electrons. The Morgan fingerprint density at radius 2 is 1.51 bits per heavy atom. The maximum absolute atomic E-state index is 5.20. The number of benzene rings is 4. The summed E-state index contributed by atoms with van der Waals surface area (Å²) in [4.78, 5) is 5.20. The van der Waals surface area contributed by atoms with Crippen molar-refractivity contribution in [3.63, 3.8) is 0 Å². The summed E-state index contributed by atoms with van der Waals surface area (Å²) in [6, 6.07) is 32.0. The highest BCUT2D eigenvalue weighted by molar-refractivity contribution is 5.85. The standard InChI is InChI=1S/C35H38N2/c1-26-19-24-34-33(25-26)36-35(37(34)31-16-5-3-2-4-6-17-31)30-22-20-27(21-23-30)11-9-13-29-15-10-14-28-12-7-8-18-32(28)29/h7-8,10,12,14-15,18-25,31H,2-6,9,11,13,16-17H2,1H3. The zero-order chi connectivity index (χ0) is 25.0. The molecule has 2 nitrogen and oxygen atoms in total. The number of rotatable bonds is 6. The Kier molecular flexibility index (Phi) is 7.08. The maximum atomic E-state index is 5.20. The lowest BCUT2D eigenvalue weighted by Crippen LogP contribution is -2.12. The molecule has 2 heteroatoms. The number of fused-ring (bicyclic) bond motifs is 2. The van der Waals surface area contributed by atoms with Crippen LogP contribution in [0.3, 0.4) is 0 Å². The van der Waals surface area contributed by atoms with Gasteiger partial charge in [-0.05, 0) is 78.6 Å². The second kappa shape index (κ2) is 10.9. The number of hydrogen-bond acceptors (Lipinski definition) is 1. The van der Waals surface area contributed by atoms with Gasteiger partial charge in [-0.2, -0.15) is 0 Å². The van der Waals surface area contributed by atoms with E-state index >= 15 is 0 Å². The van der Waals surface area contributed by atoms with Crippen molar-refractivity contribution >= 4 is 21.8 Å². The molecule has 0 atom stereocenters. The van der Waals surface area contributed by atoms with E-state index < -0.39 is 0 Å². The largest absolute Gasteiger partial charge is 0.321 e. The van der Waals surface area contributed by atoms with Crippen LogP contribution in [0.2, 0.25) is 0 Å². The van der Waals surface area contributed by atoms with E-state index in [-0.39, 0.29) is 0 Å². The van der Waals surface area contributed by atoms with Crippen LogP contribution in [0.5, 0.6) is 0 Å². The Morgan fingerprint density at radius 1 is 0.757 bits per heavy atom. The first-order valence-electron chi connectivity index (χ1n) is 14.3. The molecule has 0 aliphatic heterocycles. The van der Waals surface area contributed by atoms with Gasteiger partial charge in [-0.1, -0.05) is 105 Å². The third-order valence-corrected chi connectivity index (χ3v) is 8.29. The van der Waals surface area contributed by atoms with Gasteiger partial charge in [0.05, 0.1) is 11.0 Å². The van der Waals surface area contributed by atoms with Crippen molar-refractivity contribution in [2.24, 2.45) is 0 Å². The molecule has 1 aliphatic rings. The molecule has 1 aromatic heterocycles. The van der Waals surface area contributed by atoms with Crippen molar-refractivity contribution in [2.75, 3.05) is 0 Å². The van der Waals surface area contributed by atoms with Crippen LogP contribution in [-0.4, -0.2) is 9.55 Å². The van der Waals surface area contributed by atoms with Gasteiger partial charge in [0.15, 0.2) is 0 Å². The average Bonchev–Trinajstić information content (AvgIpc) is 3.27. The van der Waals surface area contributed by atoms with Gasteiger partial charge in [-0.25, -0.2) is 4.98 Å². The summed E-state index contributed by atoms with van der Waals surface area (Å²) in [6.45, 7) is 2.17. The van der Waals surface area contributed by atoms with E-state index in [4.69, 9.17) is 4.98 Å². The van der Waals surface area contributed by atoms with Gasteiger partial charge in [0.2, 0.25) is 0 Å². The summed E-state index contributed by atoms with van der Waals surface area (Å²) in [5.74, 6) is 1.15. The van der Waals surface area contributed by atoms with Crippen molar-refractivity contribution in [3.8, 4) is 11.4 Å². The minimum atomic E-state index is 0.545. The molecule has 6 rings (SSSR count). The number of aromatic nitrogens is 2.